The largest absolute Gasteiger partial charge is 0.357 e. The minimum atomic E-state index is -0.175. The second-order valence-corrected chi connectivity index (χ2v) is 5.19. The van der Waals surface area contributed by atoms with Gasteiger partial charge in [0.1, 0.15) is 18.2 Å². The van der Waals surface area contributed by atoms with Gasteiger partial charge in [-0.3, -0.25) is 0 Å². The molecule has 0 aliphatic carbocycles. The molecule has 0 amide bonds. The van der Waals surface area contributed by atoms with Gasteiger partial charge < -0.3 is 15.2 Å². The van der Waals surface area contributed by atoms with Gasteiger partial charge in [-0.25, -0.2) is 9.38 Å². The topological polar surface area (TPSA) is 67.1 Å². The van der Waals surface area contributed by atoms with Crippen LogP contribution in [0, 0.1) is 12.7 Å². The summed E-state index contributed by atoms with van der Waals surface area (Å²) in [4.78, 5) is 4.49. The van der Waals surface area contributed by atoms with E-state index in [0.717, 1.165) is 18.2 Å². The number of guanidine groups is 1. The highest BCUT2D eigenvalue weighted by Crippen LogP contribution is 2.06. The molecule has 0 aliphatic heterocycles. The van der Waals surface area contributed by atoms with Crippen LogP contribution in [-0.4, -0.2) is 33.8 Å². The van der Waals surface area contributed by atoms with Gasteiger partial charge in [0.25, 0.3) is 0 Å². The summed E-state index contributed by atoms with van der Waals surface area (Å²) in [6.07, 6.45) is 0.597. The van der Waals surface area contributed by atoms with E-state index in [9.17, 15) is 4.39 Å². The summed E-state index contributed by atoms with van der Waals surface area (Å²) in [5.41, 5.74) is 0.694. The fourth-order valence-electron chi connectivity index (χ4n) is 2.10. The van der Waals surface area contributed by atoms with E-state index in [-0.39, 0.29) is 5.82 Å². The summed E-state index contributed by atoms with van der Waals surface area (Å²) >= 11 is 0. The van der Waals surface area contributed by atoms with E-state index >= 15 is 0 Å². The average molecular weight is 318 g/mol. The van der Waals surface area contributed by atoms with Crippen LogP contribution in [0.1, 0.15) is 24.1 Å². The third kappa shape index (κ3) is 4.77. The first-order valence-electron chi connectivity index (χ1n) is 7.72. The number of nitrogens with one attached hydrogen (secondary N) is 2. The molecule has 0 radical (unpaired) electrons. The van der Waals surface area contributed by atoms with Crippen LogP contribution >= 0.6 is 0 Å². The summed E-state index contributed by atoms with van der Waals surface area (Å²) in [6, 6.07) is 6.81. The highest BCUT2D eigenvalue weighted by molar-refractivity contribution is 5.79. The van der Waals surface area contributed by atoms with E-state index in [1.807, 2.05) is 31.5 Å². The molecule has 0 saturated heterocycles. The van der Waals surface area contributed by atoms with Crippen molar-refractivity contribution in [2.75, 3.05) is 13.1 Å². The number of benzene rings is 1. The van der Waals surface area contributed by atoms with Gasteiger partial charge in [0.2, 0.25) is 0 Å². The van der Waals surface area contributed by atoms with E-state index < -0.39 is 0 Å². The fraction of sp³-hybridized carbons (Fsp3) is 0.438. The van der Waals surface area contributed by atoms with Crippen LogP contribution in [0.2, 0.25) is 0 Å². The minimum absolute atomic E-state index is 0.175. The molecule has 1 aromatic carbocycles. The van der Waals surface area contributed by atoms with Crippen LogP contribution in [0.5, 0.6) is 0 Å². The van der Waals surface area contributed by atoms with Crippen molar-refractivity contribution in [2.45, 2.75) is 26.8 Å². The van der Waals surface area contributed by atoms with Gasteiger partial charge in [-0.1, -0.05) is 18.2 Å². The molecule has 0 bridgehead atoms. The Hall–Kier alpha value is -2.44. The lowest BCUT2D eigenvalue weighted by Gasteiger charge is -2.11. The molecule has 2 aromatic rings. The molecule has 23 heavy (non-hydrogen) atoms. The summed E-state index contributed by atoms with van der Waals surface area (Å²) in [5.74, 6) is 2.16. The molecular weight excluding hydrogens is 295 g/mol. The number of aliphatic imine (C=N–C) groups is 1. The zero-order valence-electron chi connectivity index (χ0n) is 13.8. The van der Waals surface area contributed by atoms with Crippen molar-refractivity contribution in [3.8, 4) is 0 Å². The van der Waals surface area contributed by atoms with E-state index in [4.69, 9.17) is 0 Å². The summed E-state index contributed by atoms with van der Waals surface area (Å²) in [7, 11) is 1.92. The molecule has 124 valence electrons. The number of aryl methyl sites for hydroxylation is 1. The predicted octanol–water partition coefficient (Wildman–Crippen LogP) is 1.56. The van der Waals surface area contributed by atoms with Gasteiger partial charge in [0.15, 0.2) is 11.8 Å². The predicted molar refractivity (Wildman–Crippen MR) is 88.7 cm³/mol. The standard InChI is InChI=1S/C16H23FN6/c1-4-18-16(20-11-15-22-21-12(2)23(15)3)19-10-9-13-7-5-6-8-14(13)17/h5-8H,4,9-11H2,1-3H3,(H2,18,19,20). The van der Waals surface area contributed by atoms with Gasteiger partial charge in [-0.05, 0) is 31.9 Å². The molecule has 0 aliphatic rings. The Labute approximate surface area is 135 Å². The molecule has 2 rings (SSSR count). The van der Waals surface area contributed by atoms with Crippen LogP contribution < -0.4 is 10.6 Å². The van der Waals surface area contributed by atoms with Gasteiger partial charge in [0.05, 0.1) is 0 Å². The Balaban J connectivity index is 1.91. The number of hydrogen-bond donors (Lipinski definition) is 2. The Kier molecular flexibility index (Phi) is 6.08. The van der Waals surface area contributed by atoms with Crippen LogP contribution in [0.4, 0.5) is 4.39 Å². The second-order valence-electron chi connectivity index (χ2n) is 5.19. The van der Waals surface area contributed by atoms with Crippen molar-refractivity contribution < 1.29 is 4.39 Å². The Morgan fingerprint density at radius 2 is 2.04 bits per heavy atom. The molecule has 0 spiro atoms. The van der Waals surface area contributed by atoms with Crippen LogP contribution in [0.3, 0.4) is 0 Å². The fourth-order valence-corrected chi connectivity index (χ4v) is 2.10. The van der Waals surface area contributed by atoms with Crippen LogP contribution in [-0.2, 0) is 20.0 Å². The first-order chi connectivity index (χ1) is 11.1. The van der Waals surface area contributed by atoms with Crippen LogP contribution in [0.25, 0.3) is 0 Å². The lowest BCUT2D eigenvalue weighted by molar-refractivity contribution is 0.606. The molecule has 0 fully saturated rings. The van der Waals surface area contributed by atoms with Crippen molar-refractivity contribution in [1.29, 1.82) is 0 Å². The Bertz CT molecular complexity index is 664. The first kappa shape index (κ1) is 16.9. The first-order valence-corrected chi connectivity index (χ1v) is 7.72. The molecule has 1 heterocycles. The normalized spacial score (nSPS) is 11.6. The summed E-state index contributed by atoms with van der Waals surface area (Å²) < 4.78 is 15.5. The average Bonchev–Trinajstić information content (AvgIpc) is 2.86. The van der Waals surface area contributed by atoms with Gasteiger partial charge in [-0.2, -0.15) is 0 Å². The maximum absolute atomic E-state index is 13.6. The number of nitrogens with zero attached hydrogens (tertiary/aromatic N) is 4. The van der Waals surface area contributed by atoms with E-state index in [2.05, 4.69) is 25.8 Å². The van der Waals surface area contributed by atoms with E-state index in [1.165, 1.54) is 6.07 Å². The number of hydrogen-bond acceptors (Lipinski definition) is 3. The summed E-state index contributed by atoms with van der Waals surface area (Å²) in [6.45, 7) is 5.69. The van der Waals surface area contributed by atoms with Crippen molar-refractivity contribution in [3.63, 3.8) is 0 Å². The molecule has 2 N–H and O–H groups in total. The summed E-state index contributed by atoms with van der Waals surface area (Å²) in [5, 5.41) is 14.5. The highest BCUT2D eigenvalue weighted by Gasteiger charge is 2.05. The number of halogens is 1. The van der Waals surface area contributed by atoms with E-state index in [0.29, 0.717) is 31.0 Å². The van der Waals surface area contributed by atoms with Crippen molar-refractivity contribution in [3.05, 3.63) is 47.3 Å². The molecule has 0 atom stereocenters. The maximum Gasteiger partial charge on any atom is 0.191 e. The lowest BCUT2D eigenvalue weighted by Crippen LogP contribution is -2.38. The smallest absolute Gasteiger partial charge is 0.191 e. The van der Waals surface area contributed by atoms with Crippen molar-refractivity contribution in [2.24, 2.45) is 12.0 Å². The Morgan fingerprint density at radius 1 is 1.26 bits per heavy atom. The third-order valence-corrected chi connectivity index (χ3v) is 3.55. The van der Waals surface area contributed by atoms with Gasteiger partial charge >= 0.3 is 0 Å². The van der Waals surface area contributed by atoms with Gasteiger partial charge in [0, 0.05) is 20.1 Å². The SMILES string of the molecule is CCNC(=NCc1nnc(C)n1C)NCCc1ccccc1F. The van der Waals surface area contributed by atoms with Crippen molar-refractivity contribution >= 4 is 5.96 Å². The number of aromatic nitrogens is 3. The van der Waals surface area contributed by atoms with Gasteiger partial charge in [-0.15, -0.1) is 10.2 Å². The zero-order valence-corrected chi connectivity index (χ0v) is 13.8. The maximum atomic E-state index is 13.6. The molecule has 6 nitrogen and oxygen atoms in total. The van der Waals surface area contributed by atoms with E-state index in [1.54, 1.807) is 12.1 Å². The molecular formula is C16H23FN6. The quantitative estimate of drug-likeness (QED) is 0.626. The van der Waals surface area contributed by atoms with Crippen LogP contribution in [0.15, 0.2) is 29.3 Å². The molecule has 7 heteroatoms. The minimum Gasteiger partial charge on any atom is -0.357 e. The Morgan fingerprint density at radius 3 is 2.70 bits per heavy atom. The molecule has 0 saturated carbocycles. The highest BCUT2D eigenvalue weighted by atomic mass is 19.1. The molecule has 1 aromatic heterocycles. The number of rotatable bonds is 6. The zero-order chi connectivity index (χ0) is 16.7. The second kappa shape index (κ2) is 8.26. The van der Waals surface area contributed by atoms with Crippen molar-refractivity contribution in [1.82, 2.24) is 25.4 Å². The third-order valence-electron chi connectivity index (χ3n) is 3.55. The molecule has 0 unspecified atom stereocenters. The monoisotopic (exact) mass is 318 g/mol. The lowest BCUT2D eigenvalue weighted by atomic mass is 10.1.